The van der Waals surface area contributed by atoms with E-state index < -0.39 is 15.9 Å². The van der Waals surface area contributed by atoms with Crippen molar-refractivity contribution in [3.8, 4) is 5.75 Å². The van der Waals surface area contributed by atoms with E-state index in [1.54, 1.807) is 0 Å². The molecule has 3 fully saturated rings. The van der Waals surface area contributed by atoms with E-state index in [-0.39, 0.29) is 42.6 Å². The monoisotopic (exact) mass is 450 g/mol. The lowest BCUT2D eigenvalue weighted by Crippen LogP contribution is -2.50. The van der Waals surface area contributed by atoms with Crippen LogP contribution in [-0.4, -0.2) is 63.3 Å². The highest BCUT2D eigenvalue weighted by Gasteiger charge is 2.47. The first kappa shape index (κ1) is 22.1. The normalized spacial score (nSPS) is 20.5. The number of sulfone groups is 1. The number of imide groups is 1. The minimum absolute atomic E-state index is 0.0523. The molecule has 0 atom stereocenters. The van der Waals surface area contributed by atoms with Gasteiger partial charge < -0.3 is 14.4 Å². The molecule has 3 aliphatic rings. The third kappa shape index (κ3) is 6.20. The Hall–Kier alpha value is -2.13. The van der Waals surface area contributed by atoms with Crippen LogP contribution in [0.5, 0.6) is 5.75 Å². The minimum atomic E-state index is -3.24. The van der Waals surface area contributed by atoms with Gasteiger partial charge >= 0.3 is 6.03 Å². The highest BCUT2D eigenvalue weighted by molar-refractivity contribution is 7.91. The van der Waals surface area contributed by atoms with E-state index in [1.807, 2.05) is 24.3 Å². The van der Waals surface area contributed by atoms with E-state index in [2.05, 4.69) is 5.32 Å². The molecule has 0 radical (unpaired) electrons. The summed E-state index contributed by atoms with van der Waals surface area (Å²) in [5, 5.41) is 2.23. The van der Waals surface area contributed by atoms with Crippen LogP contribution < -0.4 is 10.1 Å². The summed E-state index contributed by atoms with van der Waals surface area (Å²) in [4.78, 5) is 24.2. The maximum atomic E-state index is 12.7. The summed E-state index contributed by atoms with van der Waals surface area (Å²) in [6, 6.07) is 7.42. The first-order valence-corrected chi connectivity index (χ1v) is 12.8. The Morgan fingerprint density at radius 3 is 2.71 bits per heavy atom. The zero-order valence-corrected chi connectivity index (χ0v) is 18.5. The van der Waals surface area contributed by atoms with E-state index in [4.69, 9.17) is 9.47 Å². The van der Waals surface area contributed by atoms with Crippen LogP contribution in [0.15, 0.2) is 24.3 Å². The number of carbonyl (C=O) groups is 2. The van der Waals surface area contributed by atoms with E-state index in [9.17, 15) is 18.0 Å². The molecule has 1 heterocycles. The van der Waals surface area contributed by atoms with Gasteiger partial charge in [-0.25, -0.2) is 13.2 Å². The largest absolute Gasteiger partial charge is 0.493 e. The lowest BCUT2D eigenvalue weighted by Gasteiger charge is -2.26. The first-order valence-electron chi connectivity index (χ1n) is 11.0. The van der Waals surface area contributed by atoms with Crippen molar-refractivity contribution in [3.05, 3.63) is 29.8 Å². The summed E-state index contributed by atoms with van der Waals surface area (Å²) in [5.41, 5.74) is 0.753. The van der Waals surface area contributed by atoms with Gasteiger partial charge in [-0.15, -0.1) is 0 Å². The molecule has 4 rings (SSSR count). The van der Waals surface area contributed by atoms with Crippen molar-refractivity contribution in [2.45, 2.75) is 43.9 Å². The Labute approximate surface area is 183 Å². The average Bonchev–Trinajstić information content (AvgIpc) is 3.64. The predicted octanol–water partition coefficient (Wildman–Crippen LogP) is 2.23. The molecule has 1 aromatic carbocycles. The van der Waals surface area contributed by atoms with Crippen molar-refractivity contribution in [2.75, 3.05) is 38.0 Å². The Kier molecular flexibility index (Phi) is 6.52. The SMILES string of the molecule is O=C1CCN(COCCCS(=O)(=O)CC2(c3cccc(OCC4CC4)c3)CC2)C(=O)N1. The molecule has 2 aliphatic carbocycles. The number of amides is 3. The summed E-state index contributed by atoms with van der Waals surface area (Å²) >= 11 is 0. The van der Waals surface area contributed by atoms with Crippen LogP contribution in [0.4, 0.5) is 4.79 Å². The number of nitrogens with zero attached hydrogens (tertiary/aromatic N) is 1. The molecule has 0 bridgehead atoms. The van der Waals surface area contributed by atoms with Gasteiger partial charge in [-0.3, -0.25) is 10.1 Å². The fraction of sp³-hybridized carbons (Fsp3) is 0.636. The number of rotatable bonds is 12. The molecule has 31 heavy (non-hydrogen) atoms. The number of urea groups is 1. The molecule has 9 heteroatoms. The van der Waals surface area contributed by atoms with Gasteiger partial charge in [-0.05, 0) is 55.7 Å². The number of ether oxygens (including phenoxy) is 2. The number of nitrogens with one attached hydrogen (secondary N) is 1. The van der Waals surface area contributed by atoms with E-state index in [0.29, 0.717) is 18.9 Å². The Morgan fingerprint density at radius 1 is 1.19 bits per heavy atom. The van der Waals surface area contributed by atoms with Gasteiger partial charge in [0, 0.05) is 25.0 Å². The smallest absolute Gasteiger partial charge is 0.325 e. The fourth-order valence-corrected chi connectivity index (χ4v) is 5.85. The summed E-state index contributed by atoms with van der Waals surface area (Å²) in [6.45, 7) is 1.35. The molecule has 2 saturated carbocycles. The Morgan fingerprint density at radius 2 is 2.00 bits per heavy atom. The summed E-state index contributed by atoms with van der Waals surface area (Å²) < 4.78 is 36.7. The maximum absolute atomic E-state index is 12.7. The number of benzene rings is 1. The fourth-order valence-electron chi connectivity index (χ4n) is 3.85. The van der Waals surface area contributed by atoms with E-state index >= 15 is 0 Å². The van der Waals surface area contributed by atoms with Gasteiger partial charge in [-0.2, -0.15) is 0 Å². The van der Waals surface area contributed by atoms with Gasteiger partial charge in [0.1, 0.15) is 12.5 Å². The Balaban J connectivity index is 1.21. The molecule has 0 unspecified atom stereocenters. The second kappa shape index (κ2) is 9.16. The van der Waals surface area contributed by atoms with Gasteiger partial charge in [0.25, 0.3) is 0 Å². The summed E-state index contributed by atoms with van der Waals surface area (Å²) in [7, 11) is -3.24. The third-order valence-corrected chi connectivity index (χ3v) is 8.02. The lowest BCUT2D eigenvalue weighted by atomic mass is 9.98. The highest BCUT2D eigenvalue weighted by atomic mass is 32.2. The van der Waals surface area contributed by atoms with Gasteiger partial charge in [0.15, 0.2) is 9.84 Å². The average molecular weight is 451 g/mol. The van der Waals surface area contributed by atoms with Crippen molar-refractivity contribution in [2.24, 2.45) is 5.92 Å². The van der Waals surface area contributed by atoms with Gasteiger partial charge in [-0.1, -0.05) is 12.1 Å². The molecule has 170 valence electrons. The zero-order chi connectivity index (χ0) is 21.9. The number of carbonyl (C=O) groups excluding carboxylic acids is 2. The van der Waals surface area contributed by atoms with Crippen LogP contribution in [0.2, 0.25) is 0 Å². The number of hydrogen-bond acceptors (Lipinski definition) is 6. The molecular weight excluding hydrogens is 420 g/mol. The molecular formula is C22H30N2O6S. The maximum Gasteiger partial charge on any atom is 0.325 e. The molecule has 1 N–H and O–H groups in total. The van der Waals surface area contributed by atoms with Crippen LogP contribution >= 0.6 is 0 Å². The molecule has 3 amide bonds. The quantitative estimate of drug-likeness (QED) is 0.490. The summed E-state index contributed by atoms with van der Waals surface area (Å²) in [5.74, 6) is 1.40. The van der Waals surface area contributed by atoms with Gasteiger partial charge in [0.05, 0.1) is 18.1 Å². The molecule has 8 nitrogen and oxygen atoms in total. The standard InChI is InChI=1S/C22H30N2O6S/c25-20-7-10-24(21(26)23-20)16-29-11-2-12-31(27,28)15-22(8-9-22)18-3-1-4-19(13-18)30-14-17-5-6-17/h1,3-4,13,17H,2,5-12,14-16H2,(H,23,25,26). The summed E-state index contributed by atoms with van der Waals surface area (Å²) in [6.07, 6.45) is 4.83. The van der Waals surface area contributed by atoms with Crippen LogP contribution in [0.3, 0.4) is 0 Å². The van der Waals surface area contributed by atoms with Crippen molar-refractivity contribution in [3.63, 3.8) is 0 Å². The van der Waals surface area contributed by atoms with Crippen molar-refractivity contribution in [1.82, 2.24) is 10.2 Å². The Bertz CT molecular complexity index is 924. The molecule has 0 aromatic heterocycles. The molecule has 1 saturated heterocycles. The highest BCUT2D eigenvalue weighted by Crippen LogP contribution is 2.50. The van der Waals surface area contributed by atoms with Gasteiger partial charge in [0.2, 0.25) is 5.91 Å². The second-order valence-corrected chi connectivity index (χ2v) is 11.1. The van der Waals surface area contributed by atoms with Crippen LogP contribution in [0.25, 0.3) is 0 Å². The van der Waals surface area contributed by atoms with E-state index in [1.165, 1.54) is 17.7 Å². The lowest BCUT2D eigenvalue weighted by molar-refractivity contribution is -0.122. The second-order valence-electron chi connectivity index (χ2n) is 8.91. The molecule has 0 spiro atoms. The van der Waals surface area contributed by atoms with Crippen LogP contribution in [0, 0.1) is 5.92 Å². The first-order chi connectivity index (χ1) is 14.9. The number of hydrogen-bond donors (Lipinski definition) is 1. The van der Waals surface area contributed by atoms with Crippen molar-refractivity contribution in [1.29, 1.82) is 0 Å². The predicted molar refractivity (Wildman–Crippen MR) is 115 cm³/mol. The minimum Gasteiger partial charge on any atom is -0.493 e. The van der Waals surface area contributed by atoms with Crippen LogP contribution in [-0.2, 0) is 24.8 Å². The third-order valence-electron chi connectivity index (χ3n) is 6.11. The van der Waals surface area contributed by atoms with Crippen molar-refractivity contribution >= 4 is 21.8 Å². The van der Waals surface area contributed by atoms with Crippen molar-refractivity contribution < 1.29 is 27.5 Å². The molecule has 1 aliphatic heterocycles. The topological polar surface area (TPSA) is 102 Å². The molecule has 1 aromatic rings. The van der Waals surface area contributed by atoms with Crippen LogP contribution in [0.1, 0.15) is 44.1 Å². The zero-order valence-electron chi connectivity index (χ0n) is 17.7. The van der Waals surface area contributed by atoms with E-state index in [0.717, 1.165) is 30.8 Å².